The molecule has 1 aliphatic carbocycles. The molecular formula is C30H33ClFN7O2. The van der Waals surface area contributed by atoms with Crippen LogP contribution in [0.15, 0.2) is 53.5 Å². The molecule has 1 saturated carbocycles. The molecule has 41 heavy (non-hydrogen) atoms. The van der Waals surface area contributed by atoms with Gasteiger partial charge in [0.25, 0.3) is 0 Å². The van der Waals surface area contributed by atoms with Crippen molar-refractivity contribution in [2.45, 2.75) is 58.5 Å². The second-order valence-corrected chi connectivity index (χ2v) is 11.1. The van der Waals surface area contributed by atoms with Gasteiger partial charge in [0.1, 0.15) is 17.0 Å². The molecule has 4 aromatic rings. The molecule has 0 aliphatic heterocycles. The minimum Gasteiger partial charge on any atom is -0.463 e. The zero-order valence-corrected chi connectivity index (χ0v) is 23.8. The van der Waals surface area contributed by atoms with Crippen molar-refractivity contribution in [1.29, 1.82) is 0 Å². The van der Waals surface area contributed by atoms with Gasteiger partial charge < -0.3 is 20.7 Å². The average Bonchev–Trinajstić information content (AvgIpc) is 3.28. The fourth-order valence-corrected chi connectivity index (χ4v) is 5.69. The second-order valence-electron chi connectivity index (χ2n) is 10.7. The minimum atomic E-state index is -1.45. The van der Waals surface area contributed by atoms with Gasteiger partial charge >= 0.3 is 6.09 Å². The number of nitrogens with one attached hydrogen (secondary N) is 1. The molecule has 0 saturated heterocycles. The van der Waals surface area contributed by atoms with Crippen LogP contribution >= 0.6 is 11.6 Å². The number of benzene rings is 2. The number of nitrogens with two attached hydrogens (primary N) is 1. The standard InChI is InChI=1S/C30H33ClFN7O2/c1-3-23(19-6-5-9-22(32)15-19)34-29-38-27-25(39(29)16-18-12-10-17(2)11-13-18)24(20-7-4-8-21(31)14-20)35-28(37-27)26(33)36-30(40)41/h4-9,14-15,17-18,23H,3,10-13,16H2,1-2H3,(H2,33,36)(H,40,41)(H,34,35,37,38). The number of carboxylic acid groups (broad SMARTS) is 1. The summed E-state index contributed by atoms with van der Waals surface area (Å²) >= 11 is 6.36. The molecule has 2 aromatic carbocycles. The Morgan fingerprint density at radius 2 is 1.93 bits per heavy atom. The van der Waals surface area contributed by atoms with Crippen molar-refractivity contribution in [2.24, 2.45) is 22.6 Å². The Hall–Kier alpha value is -4.05. The third-order valence-electron chi connectivity index (χ3n) is 7.69. The number of hydrogen-bond acceptors (Lipinski definition) is 5. The van der Waals surface area contributed by atoms with E-state index >= 15 is 0 Å². The number of rotatable bonds is 8. The van der Waals surface area contributed by atoms with Gasteiger partial charge in [0.05, 0.1) is 6.04 Å². The molecule has 1 unspecified atom stereocenters. The highest BCUT2D eigenvalue weighted by Crippen LogP contribution is 2.36. The normalized spacial score (nSPS) is 18.4. The van der Waals surface area contributed by atoms with Gasteiger partial charge in [-0.2, -0.15) is 9.98 Å². The highest BCUT2D eigenvalue weighted by Gasteiger charge is 2.26. The van der Waals surface area contributed by atoms with Crippen LogP contribution in [0.5, 0.6) is 0 Å². The van der Waals surface area contributed by atoms with Gasteiger partial charge in [-0.3, -0.25) is 0 Å². The van der Waals surface area contributed by atoms with E-state index in [9.17, 15) is 14.3 Å². The number of amidine groups is 1. The van der Waals surface area contributed by atoms with Gasteiger partial charge in [-0.05, 0) is 60.9 Å². The Bertz CT molecular complexity index is 1600. The van der Waals surface area contributed by atoms with Crippen molar-refractivity contribution < 1.29 is 14.3 Å². The van der Waals surface area contributed by atoms with Crippen LogP contribution < -0.4 is 11.1 Å². The number of amides is 1. The topological polar surface area (TPSA) is 131 Å². The van der Waals surface area contributed by atoms with Crippen LogP contribution in [0.2, 0.25) is 5.02 Å². The molecule has 1 amide bonds. The molecule has 1 fully saturated rings. The first kappa shape index (κ1) is 28.5. The first-order valence-corrected chi connectivity index (χ1v) is 14.2. The van der Waals surface area contributed by atoms with E-state index in [1.165, 1.54) is 12.1 Å². The molecule has 4 N–H and O–H groups in total. The number of carbonyl (C=O) groups is 1. The third kappa shape index (κ3) is 6.48. The van der Waals surface area contributed by atoms with Gasteiger partial charge in [0.15, 0.2) is 17.3 Å². The van der Waals surface area contributed by atoms with Gasteiger partial charge in [-0.1, -0.05) is 62.6 Å². The minimum absolute atomic E-state index is 0.0465. The van der Waals surface area contributed by atoms with Crippen LogP contribution in [-0.2, 0) is 6.54 Å². The summed E-state index contributed by atoms with van der Waals surface area (Å²) in [4.78, 5) is 28.8. The molecule has 11 heteroatoms. The predicted octanol–water partition coefficient (Wildman–Crippen LogP) is 7.06. The van der Waals surface area contributed by atoms with Crippen LogP contribution in [0.1, 0.15) is 63.4 Å². The van der Waals surface area contributed by atoms with Crippen LogP contribution in [0, 0.1) is 17.7 Å². The molecule has 0 radical (unpaired) electrons. The van der Waals surface area contributed by atoms with Crippen LogP contribution in [0.25, 0.3) is 22.4 Å². The molecule has 5 rings (SSSR count). The van der Waals surface area contributed by atoms with E-state index in [1.54, 1.807) is 18.2 Å². The summed E-state index contributed by atoms with van der Waals surface area (Å²) < 4.78 is 16.2. The third-order valence-corrected chi connectivity index (χ3v) is 7.92. The highest BCUT2D eigenvalue weighted by atomic mass is 35.5. The van der Waals surface area contributed by atoms with E-state index in [-0.39, 0.29) is 23.5 Å². The lowest BCUT2D eigenvalue weighted by molar-refractivity contribution is 0.205. The van der Waals surface area contributed by atoms with Crippen molar-refractivity contribution in [3.05, 3.63) is 70.8 Å². The maximum atomic E-state index is 14.1. The number of imidazole rings is 1. The number of aromatic nitrogens is 4. The molecule has 0 bridgehead atoms. The number of halogens is 2. The Morgan fingerprint density at radius 1 is 1.17 bits per heavy atom. The molecule has 2 heterocycles. The van der Waals surface area contributed by atoms with Crippen LogP contribution in [0.3, 0.4) is 0 Å². The average molecular weight is 578 g/mol. The number of anilines is 1. The first-order valence-electron chi connectivity index (χ1n) is 13.9. The van der Waals surface area contributed by atoms with E-state index < -0.39 is 6.09 Å². The van der Waals surface area contributed by atoms with Crippen LogP contribution in [-0.4, -0.2) is 36.6 Å². The molecule has 2 aromatic heterocycles. The quantitative estimate of drug-likeness (QED) is 0.151. The van der Waals surface area contributed by atoms with Crippen molar-refractivity contribution in [3.63, 3.8) is 0 Å². The Labute approximate surface area is 242 Å². The molecule has 9 nitrogen and oxygen atoms in total. The Morgan fingerprint density at radius 3 is 2.61 bits per heavy atom. The smallest absolute Gasteiger partial charge is 0.433 e. The second kappa shape index (κ2) is 12.2. The number of hydrogen-bond donors (Lipinski definition) is 3. The summed E-state index contributed by atoms with van der Waals surface area (Å²) in [5.74, 6) is 1.00. The highest BCUT2D eigenvalue weighted by molar-refractivity contribution is 6.30. The first-order chi connectivity index (χ1) is 19.7. The maximum absolute atomic E-state index is 14.1. The van der Waals surface area contributed by atoms with Crippen molar-refractivity contribution >= 4 is 40.6 Å². The lowest BCUT2D eigenvalue weighted by Gasteiger charge is -2.28. The lowest BCUT2D eigenvalue weighted by Crippen LogP contribution is -2.21. The largest absolute Gasteiger partial charge is 0.463 e. The fourth-order valence-electron chi connectivity index (χ4n) is 5.50. The summed E-state index contributed by atoms with van der Waals surface area (Å²) in [6, 6.07) is 13.6. The maximum Gasteiger partial charge on any atom is 0.433 e. The Kier molecular flexibility index (Phi) is 8.49. The van der Waals surface area contributed by atoms with Crippen LogP contribution in [0.4, 0.5) is 15.1 Å². The van der Waals surface area contributed by atoms with Gasteiger partial charge in [-0.15, -0.1) is 0 Å². The fraction of sp³-hybridized carbons (Fsp3) is 0.367. The predicted molar refractivity (Wildman–Crippen MR) is 159 cm³/mol. The van der Waals surface area contributed by atoms with E-state index in [1.807, 2.05) is 25.1 Å². The molecule has 1 atom stereocenters. The zero-order valence-electron chi connectivity index (χ0n) is 23.0. The van der Waals surface area contributed by atoms with E-state index in [0.29, 0.717) is 58.2 Å². The lowest BCUT2D eigenvalue weighted by atomic mass is 9.83. The van der Waals surface area contributed by atoms with Crippen molar-refractivity contribution in [3.8, 4) is 11.3 Å². The summed E-state index contributed by atoms with van der Waals surface area (Å²) in [5.41, 5.74) is 9.03. The molecule has 1 aliphatic rings. The monoisotopic (exact) mass is 577 g/mol. The van der Waals surface area contributed by atoms with E-state index in [2.05, 4.69) is 31.8 Å². The molecular weight excluding hydrogens is 545 g/mol. The molecule has 214 valence electrons. The van der Waals surface area contributed by atoms with Crippen molar-refractivity contribution in [2.75, 3.05) is 5.32 Å². The van der Waals surface area contributed by atoms with E-state index in [0.717, 1.165) is 31.2 Å². The van der Waals surface area contributed by atoms with E-state index in [4.69, 9.17) is 22.3 Å². The van der Waals surface area contributed by atoms with Crippen molar-refractivity contribution in [1.82, 2.24) is 19.5 Å². The summed E-state index contributed by atoms with van der Waals surface area (Å²) in [5, 5.41) is 13.2. The number of nitrogens with zero attached hydrogens (tertiary/aromatic N) is 5. The number of aliphatic imine (C=N–C) groups is 1. The summed E-state index contributed by atoms with van der Waals surface area (Å²) in [7, 11) is 0. The summed E-state index contributed by atoms with van der Waals surface area (Å²) in [6.45, 7) is 4.99. The number of fused-ring (bicyclic) bond motifs is 1. The summed E-state index contributed by atoms with van der Waals surface area (Å²) in [6.07, 6.45) is 3.73. The zero-order chi connectivity index (χ0) is 29.1. The van der Waals surface area contributed by atoms with Gasteiger partial charge in [-0.25, -0.2) is 19.2 Å². The van der Waals surface area contributed by atoms with Gasteiger partial charge in [0.2, 0.25) is 5.95 Å². The van der Waals surface area contributed by atoms with Gasteiger partial charge in [0, 0.05) is 17.1 Å². The molecule has 0 spiro atoms. The SMILES string of the molecule is CCC(Nc1nc2nc(C(N)=NC(=O)O)nc(-c3cccc(Cl)c3)c2n1CC1CCC(C)CC1)c1cccc(F)c1. The Balaban J connectivity index is 1.71.